The minimum Gasteiger partial charge on any atom is -0.337 e. The number of para-hydroxylation sites is 1. The molecule has 2 aromatic carbocycles. The molecule has 0 N–H and O–H groups in total. The Morgan fingerprint density at radius 2 is 1.56 bits per heavy atom. The van der Waals surface area contributed by atoms with E-state index in [1.165, 1.54) is 0 Å². The largest absolute Gasteiger partial charge is 0.337 e. The molecule has 0 radical (unpaired) electrons. The van der Waals surface area contributed by atoms with Gasteiger partial charge in [-0.3, -0.25) is 4.79 Å². The van der Waals surface area contributed by atoms with E-state index in [0.717, 1.165) is 17.1 Å². The minimum atomic E-state index is -0.0651. The number of carbonyl (C=O) groups is 1. The molecule has 27 heavy (non-hydrogen) atoms. The number of carbonyl (C=O) groups excluding carboxylic acids is 1. The van der Waals surface area contributed by atoms with Gasteiger partial charge in [0.15, 0.2) is 5.82 Å². The lowest BCUT2D eigenvalue weighted by Crippen LogP contribution is -2.27. The van der Waals surface area contributed by atoms with Crippen molar-refractivity contribution in [2.24, 2.45) is 0 Å². The van der Waals surface area contributed by atoms with Gasteiger partial charge < -0.3 is 9.47 Å². The van der Waals surface area contributed by atoms with Gasteiger partial charge >= 0.3 is 0 Å². The van der Waals surface area contributed by atoms with E-state index in [1.54, 1.807) is 15.8 Å². The second kappa shape index (κ2) is 7.33. The molecule has 0 spiro atoms. The van der Waals surface area contributed by atoms with E-state index in [4.69, 9.17) is 0 Å². The minimum absolute atomic E-state index is 0.0651. The highest BCUT2D eigenvalue weighted by atomic mass is 16.2. The molecule has 5 heteroatoms. The zero-order valence-electron chi connectivity index (χ0n) is 15.1. The van der Waals surface area contributed by atoms with Crippen LogP contribution in [0.15, 0.2) is 91.4 Å². The number of hydrogen-bond donors (Lipinski definition) is 0. The second-order valence-corrected chi connectivity index (χ2v) is 6.37. The predicted octanol–water partition coefficient (Wildman–Crippen LogP) is 3.94. The SMILES string of the molecule is CN(Cc1ccccc1)C(=O)c1cnn(-c2ccccc2)c1-n1cccc1. The van der Waals surface area contributed by atoms with Crippen LogP contribution < -0.4 is 0 Å². The van der Waals surface area contributed by atoms with Gasteiger partial charge in [0, 0.05) is 26.0 Å². The highest BCUT2D eigenvalue weighted by Crippen LogP contribution is 2.21. The maximum absolute atomic E-state index is 13.2. The third kappa shape index (κ3) is 3.40. The smallest absolute Gasteiger partial charge is 0.259 e. The highest BCUT2D eigenvalue weighted by Gasteiger charge is 2.22. The van der Waals surface area contributed by atoms with Crippen LogP contribution in [0.2, 0.25) is 0 Å². The average molecular weight is 356 g/mol. The van der Waals surface area contributed by atoms with Gasteiger partial charge in [-0.2, -0.15) is 5.10 Å². The molecule has 0 aliphatic carbocycles. The molecular formula is C22H20N4O. The quantitative estimate of drug-likeness (QED) is 0.544. The maximum Gasteiger partial charge on any atom is 0.259 e. The van der Waals surface area contributed by atoms with Crippen molar-refractivity contribution in [3.05, 3.63) is 103 Å². The molecule has 134 valence electrons. The van der Waals surface area contributed by atoms with Gasteiger partial charge in [0.1, 0.15) is 5.56 Å². The van der Waals surface area contributed by atoms with E-state index < -0.39 is 0 Å². The van der Waals surface area contributed by atoms with Crippen molar-refractivity contribution in [3.8, 4) is 11.5 Å². The Morgan fingerprint density at radius 1 is 0.926 bits per heavy atom. The Labute approximate surface area is 158 Å². The van der Waals surface area contributed by atoms with Gasteiger partial charge in [-0.05, 0) is 29.8 Å². The van der Waals surface area contributed by atoms with Crippen molar-refractivity contribution < 1.29 is 4.79 Å². The Bertz CT molecular complexity index is 1020. The molecule has 5 nitrogen and oxygen atoms in total. The Kier molecular flexibility index (Phi) is 4.58. The number of hydrogen-bond acceptors (Lipinski definition) is 2. The van der Waals surface area contributed by atoms with Crippen molar-refractivity contribution in [3.63, 3.8) is 0 Å². The first kappa shape index (κ1) is 16.8. The Balaban J connectivity index is 1.72. The molecule has 0 saturated heterocycles. The maximum atomic E-state index is 13.2. The third-order valence-corrected chi connectivity index (χ3v) is 4.43. The Hall–Kier alpha value is -3.60. The molecule has 0 aliphatic rings. The second-order valence-electron chi connectivity index (χ2n) is 6.37. The van der Waals surface area contributed by atoms with Crippen molar-refractivity contribution in [2.75, 3.05) is 7.05 Å². The van der Waals surface area contributed by atoms with Crippen LogP contribution in [0.1, 0.15) is 15.9 Å². The fraction of sp³-hybridized carbons (Fsp3) is 0.0909. The summed E-state index contributed by atoms with van der Waals surface area (Å²) < 4.78 is 3.72. The lowest BCUT2D eigenvalue weighted by molar-refractivity contribution is 0.0785. The van der Waals surface area contributed by atoms with Gasteiger partial charge in [-0.25, -0.2) is 4.68 Å². The van der Waals surface area contributed by atoms with Crippen molar-refractivity contribution in [1.82, 2.24) is 19.2 Å². The number of nitrogens with zero attached hydrogens (tertiary/aromatic N) is 4. The van der Waals surface area contributed by atoms with Crippen molar-refractivity contribution in [1.29, 1.82) is 0 Å². The molecule has 0 fully saturated rings. The summed E-state index contributed by atoms with van der Waals surface area (Å²) in [7, 11) is 1.81. The van der Waals surface area contributed by atoms with Gasteiger partial charge in [-0.1, -0.05) is 48.5 Å². The summed E-state index contributed by atoms with van der Waals surface area (Å²) >= 11 is 0. The average Bonchev–Trinajstić information content (AvgIpc) is 3.38. The van der Waals surface area contributed by atoms with Crippen molar-refractivity contribution in [2.45, 2.75) is 6.54 Å². The van der Waals surface area contributed by atoms with Crippen LogP contribution in [-0.4, -0.2) is 32.2 Å². The fourth-order valence-electron chi connectivity index (χ4n) is 3.11. The van der Waals surface area contributed by atoms with Gasteiger partial charge in [0.25, 0.3) is 5.91 Å². The van der Waals surface area contributed by atoms with Crippen molar-refractivity contribution >= 4 is 5.91 Å². The number of aromatic nitrogens is 3. The van der Waals surface area contributed by atoms with Crippen LogP contribution in [0.3, 0.4) is 0 Å². The molecular weight excluding hydrogens is 336 g/mol. The van der Waals surface area contributed by atoms with Gasteiger partial charge in [0.2, 0.25) is 0 Å². The van der Waals surface area contributed by atoms with Gasteiger partial charge in [0.05, 0.1) is 11.9 Å². The summed E-state index contributed by atoms with van der Waals surface area (Å²) in [6.45, 7) is 0.543. The first-order valence-corrected chi connectivity index (χ1v) is 8.80. The lowest BCUT2D eigenvalue weighted by atomic mass is 10.2. The lowest BCUT2D eigenvalue weighted by Gasteiger charge is -2.18. The molecule has 0 saturated carbocycles. The van der Waals surface area contributed by atoms with Crippen LogP contribution >= 0.6 is 0 Å². The van der Waals surface area contributed by atoms with Gasteiger partial charge in [-0.15, -0.1) is 0 Å². The molecule has 4 aromatic rings. The van der Waals surface area contributed by atoms with E-state index in [9.17, 15) is 4.79 Å². The summed E-state index contributed by atoms with van der Waals surface area (Å²) in [6, 6.07) is 23.7. The van der Waals surface area contributed by atoms with Crippen LogP contribution in [-0.2, 0) is 6.54 Å². The van der Waals surface area contributed by atoms with Crippen LogP contribution in [0.4, 0.5) is 0 Å². The summed E-state index contributed by atoms with van der Waals surface area (Å²) in [5, 5.41) is 4.50. The monoisotopic (exact) mass is 356 g/mol. The van der Waals surface area contributed by atoms with Crippen LogP contribution in [0.25, 0.3) is 11.5 Å². The molecule has 0 unspecified atom stereocenters. The van der Waals surface area contributed by atoms with E-state index in [1.807, 2.05) is 96.8 Å². The van der Waals surface area contributed by atoms with Crippen LogP contribution in [0.5, 0.6) is 0 Å². The van der Waals surface area contributed by atoms with E-state index in [0.29, 0.717) is 12.1 Å². The number of amides is 1. The molecule has 2 aromatic heterocycles. The predicted molar refractivity (Wildman–Crippen MR) is 105 cm³/mol. The van der Waals surface area contributed by atoms with Crippen LogP contribution in [0, 0.1) is 0 Å². The zero-order chi connectivity index (χ0) is 18.6. The fourth-order valence-corrected chi connectivity index (χ4v) is 3.11. The topological polar surface area (TPSA) is 43.1 Å². The summed E-state index contributed by atoms with van der Waals surface area (Å²) in [6.07, 6.45) is 5.49. The molecule has 0 bridgehead atoms. The summed E-state index contributed by atoms with van der Waals surface area (Å²) in [5.41, 5.74) is 2.56. The molecule has 2 heterocycles. The number of benzene rings is 2. The van der Waals surface area contributed by atoms with E-state index in [-0.39, 0.29) is 5.91 Å². The molecule has 0 atom stereocenters. The first-order chi connectivity index (χ1) is 13.2. The van der Waals surface area contributed by atoms with E-state index >= 15 is 0 Å². The summed E-state index contributed by atoms with van der Waals surface area (Å²) in [4.78, 5) is 14.9. The molecule has 0 aliphatic heterocycles. The normalized spacial score (nSPS) is 10.7. The Morgan fingerprint density at radius 3 is 2.22 bits per heavy atom. The highest BCUT2D eigenvalue weighted by molar-refractivity contribution is 5.97. The summed E-state index contributed by atoms with van der Waals surface area (Å²) in [5.74, 6) is 0.667. The first-order valence-electron chi connectivity index (χ1n) is 8.80. The zero-order valence-corrected chi connectivity index (χ0v) is 15.1. The van der Waals surface area contributed by atoms with E-state index in [2.05, 4.69) is 5.10 Å². The standard InChI is InChI=1S/C22H20N4O/c1-24(17-18-10-4-2-5-11-18)22(27)20-16-23-26(19-12-6-3-7-13-19)21(20)25-14-8-9-15-25/h2-16H,17H2,1H3. The number of rotatable bonds is 5. The molecule has 4 rings (SSSR count). The molecule has 1 amide bonds. The third-order valence-electron chi connectivity index (χ3n) is 4.43.